The van der Waals surface area contributed by atoms with E-state index in [0.29, 0.717) is 0 Å². The molecule has 3 heterocycles. The number of hydrogen-bond acceptors (Lipinski definition) is 1. The van der Waals surface area contributed by atoms with Crippen molar-refractivity contribution in [2.75, 3.05) is 0 Å². The number of nitrogens with zero attached hydrogens (tertiary/aromatic N) is 3. The number of allylic oxidation sites excluding steroid dienone is 1. The van der Waals surface area contributed by atoms with Crippen LogP contribution in [0.4, 0.5) is 0 Å². The largest absolute Gasteiger partial charge is 0.313 e. The Balaban J connectivity index is 1.12. The number of benzene rings is 8. The second kappa shape index (κ2) is 11.3. The SMILES string of the molecule is C1=Cc2c(n(-c3cc(-c4cncc(-c5ccc6ccc7cccc8ccc5c6c78)c4)cc(-n4c5ccccc5c5ccccc54)c3)c3ccccc23)CC1. The number of rotatable bonds is 4. The lowest BCUT2D eigenvalue weighted by Crippen LogP contribution is -2.05. The van der Waals surface area contributed by atoms with Gasteiger partial charge in [-0.15, -0.1) is 0 Å². The number of hydrogen-bond donors (Lipinski definition) is 0. The zero-order valence-electron chi connectivity index (χ0n) is 29.5. The molecule has 3 aromatic heterocycles. The molecule has 1 aliphatic rings. The van der Waals surface area contributed by atoms with Crippen molar-refractivity contribution in [2.24, 2.45) is 0 Å². The Morgan fingerprint density at radius 3 is 1.81 bits per heavy atom. The van der Waals surface area contributed by atoms with E-state index in [1.807, 2.05) is 12.4 Å². The van der Waals surface area contributed by atoms with Gasteiger partial charge in [-0.05, 0) is 98.8 Å². The fourth-order valence-corrected chi connectivity index (χ4v) is 9.42. The minimum atomic E-state index is 1.00. The van der Waals surface area contributed by atoms with Crippen molar-refractivity contribution >= 4 is 71.1 Å². The van der Waals surface area contributed by atoms with Gasteiger partial charge in [-0.1, -0.05) is 121 Å². The molecule has 11 aromatic rings. The highest BCUT2D eigenvalue weighted by Gasteiger charge is 2.21. The van der Waals surface area contributed by atoms with Crippen molar-refractivity contribution in [3.63, 3.8) is 0 Å². The molecule has 0 amide bonds. The fraction of sp³-hybridized carbons (Fsp3) is 0.0392. The van der Waals surface area contributed by atoms with Crippen LogP contribution in [-0.4, -0.2) is 14.1 Å². The average Bonchev–Trinajstić information content (AvgIpc) is 3.76. The van der Waals surface area contributed by atoms with Crippen LogP contribution in [0, 0.1) is 0 Å². The van der Waals surface area contributed by atoms with Gasteiger partial charge in [0.2, 0.25) is 0 Å². The third-order valence-corrected chi connectivity index (χ3v) is 11.8. The first-order chi connectivity index (χ1) is 26.8. The van der Waals surface area contributed by atoms with Crippen LogP contribution < -0.4 is 0 Å². The monoisotopic (exact) mass is 687 g/mol. The molecule has 1 aliphatic carbocycles. The third kappa shape index (κ3) is 4.21. The maximum Gasteiger partial charge on any atom is 0.0541 e. The molecule has 54 heavy (non-hydrogen) atoms. The topological polar surface area (TPSA) is 22.8 Å². The molecule has 0 fully saturated rings. The number of pyridine rings is 1. The lowest BCUT2D eigenvalue weighted by Gasteiger charge is -2.18. The quantitative estimate of drug-likeness (QED) is 0.169. The summed E-state index contributed by atoms with van der Waals surface area (Å²) in [6.07, 6.45) is 10.7. The van der Waals surface area contributed by atoms with Gasteiger partial charge < -0.3 is 9.13 Å². The molecule has 0 saturated heterocycles. The van der Waals surface area contributed by atoms with E-state index in [-0.39, 0.29) is 0 Å². The fourth-order valence-electron chi connectivity index (χ4n) is 9.42. The Labute approximate surface area is 312 Å². The van der Waals surface area contributed by atoms with Gasteiger partial charge in [-0.2, -0.15) is 0 Å². The molecule has 0 unspecified atom stereocenters. The second-order valence-corrected chi connectivity index (χ2v) is 14.7. The van der Waals surface area contributed by atoms with E-state index in [9.17, 15) is 0 Å². The molecule has 0 spiro atoms. The molecule has 3 heteroatoms. The normalized spacial score (nSPS) is 13.0. The summed E-state index contributed by atoms with van der Waals surface area (Å²) in [6, 6.07) is 56.0. The predicted octanol–water partition coefficient (Wildman–Crippen LogP) is 13.3. The highest BCUT2D eigenvalue weighted by Crippen LogP contribution is 2.42. The van der Waals surface area contributed by atoms with Crippen LogP contribution in [0.2, 0.25) is 0 Å². The molecule has 3 nitrogen and oxygen atoms in total. The van der Waals surface area contributed by atoms with Crippen LogP contribution in [0.3, 0.4) is 0 Å². The molecule has 252 valence electrons. The molecule has 0 saturated carbocycles. The maximum atomic E-state index is 4.93. The van der Waals surface area contributed by atoms with E-state index in [0.717, 1.165) is 40.9 Å². The standard InChI is InChI=1S/C51H33N3/c1-5-16-46-41(12-1)42-13-2-6-17-47(42)53(46)38-27-35(28-39(29-38)54-48-18-7-3-14-43(48)44-15-4-8-19-49(44)54)36-26-37(31-52-30-36)40-24-22-34-21-20-32-10-9-11-33-23-25-45(40)51(34)50(32)33/h1-7,9-18,20-31H,8,19H2. The van der Waals surface area contributed by atoms with Crippen molar-refractivity contribution < 1.29 is 0 Å². The van der Waals surface area contributed by atoms with E-state index in [1.54, 1.807) is 0 Å². The minimum Gasteiger partial charge on any atom is -0.313 e. The Bertz CT molecular complexity index is 3270. The number of para-hydroxylation sites is 3. The van der Waals surface area contributed by atoms with Gasteiger partial charge in [0.05, 0.1) is 16.6 Å². The van der Waals surface area contributed by atoms with Gasteiger partial charge in [0.15, 0.2) is 0 Å². The van der Waals surface area contributed by atoms with E-state index in [1.165, 1.54) is 81.8 Å². The summed E-state index contributed by atoms with van der Waals surface area (Å²) in [7, 11) is 0. The molecule has 0 N–H and O–H groups in total. The second-order valence-electron chi connectivity index (χ2n) is 14.7. The van der Waals surface area contributed by atoms with Crippen molar-refractivity contribution in [1.29, 1.82) is 0 Å². The first kappa shape index (κ1) is 29.6. The Hall–Kier alpha value is -6.97. The molecule has 12 rings (SSSR count). The van der Waals surface area contributed by atoms with Gasteiger partial charge >= 0.3 is 0 Å². The van der Waals surface area contributed by atoms with Gasteiger partial charge in [-0.3, -0.25) is 4.98 Å². The Kier molecular flexibility index (Phi) is 6.17. The number of fused-ring (bicyclic) bond motifs is 6. The maximum absolute atomic E-state index is 4.93. The Morgan fingerprint density at radius 2 is 1.06 bits per heavy atom. The molecule has 0 radical (unpaired) electrons. The minimum absolute atomic E-state index is 1.00. The Morgan fingerprint density at radius 1 is 0.444 bits per heavy atom. The zero-order valence-corrected chi connectivity index (χ0v) is 29.5. The van der Waals surface area contributed by atoms with Gasteiger partial charge in [0.1, 0.15) is 0 Å². The van der Waals surface area contributed by atoms with E-state index >= 15 is 0 Å². The van der Waals surface area contributed by atoms with Crippen molar-refractivity contribution in [3.8, 4) is 33.6 Å². The molecule has 0 bridgehead atoms. The van der Waals surface area contributed by atoms with E-state index < -0.39 is 0 Å². The highest BCUT2D eigenvalue weighted by molar-refractivity contribution is 6.25. The van der Waals surface area contributed by atoms with Crippen molar-refractivity contribution in [2.45, 2.75) is 12.8 Å². The summed E-state index contributed by atoms with van der Waals surface area (Å²) in [6.45, 7) is 0. The van der Waals surface area contributed by atoms with Gasteiger partial charge in [0, 0.05) is 62.3 Å². The van der Waals surface area contributed by atoms with Gasteiger partial charge in [0.25, 0.3) is 0 Å². The summed E-state index contributed by atoms with van der Waals surface area (Å²) in [5.41, 5.74) is 13.2. The van der Waals surface area contributed by atoms with Crippen LogP contribution in [0.25, 0.3) is 105 Å². The molecular formula is C51H33N3. The van der Waals surface area contributed by atoms with Gasteiger partial charge in [-0.25, -0.2) is 0 Å². The zero-order chi connectivity index (χ0) is 35.3. The first-order valence-corrected chi connectivity index (χ1v) is 18.8. The van der Waals surface area contributed by atoms with Crippen LogP contribution in [0.5, 0.6) is 0 Å². The lowest BCUT2D eigenvalue weighted by atomic mass is 9.90. The van der Waals surface area contributed by atoms with E-state index in [2.05, 4.69) is 173 Å². The predicted molar refractivity (Wildman–Crippen MR) is 227 cm³/mol. The summed E-state index contributed by atoms with van der Waals surface area (Å²) < 4.78 is 4.95. The van der Waals surface area contributed by atoms with Crippen molar-refractivity contribution in [3.05, 3.63) is 181 Å². The van der Waals surface area contributed by atoms with Crippen molar-refractivity contribution in [1.82, 2.24) is 14.1 Å². The number of aromatic nitrogens is 3. The lowest BCUT2D eigenvalue weighted by molar-refractivity contribution is 0.888. The molecule has 0 atom stereocenters. The van der Waals surface area contributed by atoms with E-state index in [4.69, 9.17) is 4.98 Å². The third-order valence-electron chi connectivity index (χ3n) is 11.8. The van der Waals surface area contributed by atoms with Crippen LogP contribution >= 0.6 is 0 Å². The van der Waals surface area contributed by atoms with Crippen LogP contribution in [0.15, 0.2) is 170 Å². The smallest absolute Gasteiger partial charge is 0.0541 e. The highest BCUT2D eigenvalue weighted by atomic mass is 15.0. The molecule has 0 aliphatic heterocycles. The van der Waals surface area contributed by atoms with Crippen LogP contribution in [-0.2, 0) is 6.42 Å². The first-order valence-electron chi connectivity index (χ1n) is 18.8. The molecular weight excluding hydrogens is 655 g/mol. The molecule has 8 aromatic carbocycles. The van der Waals surface area contributed by atoms with Crippen LogP contribution in [0.1, 0.15) is 17.7 Å². The summed E-state index contributed by atoms with van der Waals surface area (Å²) >= 11 is 0. The summed E-state index contributed by atoms with van der Waals surface area (Å²) in [5, 5.41) is 11.5. The summed E-state index contributed by atoms with van der Waals surface area (Å²) in [5.74, 6) is 0. The average molecular weight is 688 g/mol. The summed E-state index contributed by atoms with van der Waals surface area (Å²) in [4.78, 5) is 4.93.